The lowest BCUT2D eigenvalue weighted by molar-refractivity contribution is 0.379. The Morgan fingerprint density at radius 1 is 1.30 bits per heavy atom. The number of halogens is 2. The summed E-state index contributed by atoms with van der Waals surface area (Å²) >= 11 is 3.57. The van der Waals surface area contributed by atoms with Crippen molar-refractivity contribution >= 4 is 45.9 Å². The molecule has 0 saturated heterocycles. The number of nitrogens with zero attached hydrogens (tertiary/aromatic N) is 2. The van der Waals surface area contributed by atoms with Crippen LogP contribution in [0.1, 0.15) is 50.8 Å². The van der Waals surface area contributed by atoms with Crippen molar-refractivity contribution in [1.29, 1.82) is 0 Å². The van der Waals surface area contributed by atoms with E-state index in [0.29, 0.717) is 12.4 Å². The Bertz CT molecular complexity index is 793. The molecule has 27 heavy (non-hydrogen) atoms. The van der Waals surface area contributed by atoms with Crippen LogP contribution in [0.4, 0.5) is 0 Å². The fourth-order valence-electron chi connectivity index (χ4n) is 2.91. The molecule has 0 bridgehead atoms. The van der Waals surface area contributed by atoms with E-state index in [0.717, 1.165) is 22.7 Å². The van der Waals surface area contributed by atoms with Crippen molar-refractivity contribution in [3.05, 3.63) is 52.1 Å². The summed E-state index contributed by atoms with van der Waals surface area (Å²) in [6.45, 7) is 7.72. The van der Waals surface area contributed by atoms with Gasteiger partial charge in [-0.3, -0.25) is 4.99 Å². The van der Waals surface area contributed by atoms with Gasteiger partial charge in [-0.05, 0) is 30.5 Å². The molecule has 1 aliphatic carbocycles. The molecule has 5 nitrogen and oxygen atoms in total. The van der Waals surface area contributed by atoms with E-state index in [-0.39, 0.29) is 34.8 Å². The second-order valence-corrected chi connectivity index (χ2v) is 8.85. The maximum absolute atomic E-state index is 5.82. The molecular weight excluding hydrogens is 519 g/mol. The molecular formula is C20H28BrIN4O. The van der Waals surface area contributed by atoms with E-state index in [1.807, 2.05) is 0 Å². The summed E-state index contributed by atoms with van der Waals surface area (Å²) in [6.07, 6.45) is 4.20. The molecule has 0 aliphatic heterocycles. The zero-order valence-electron chi connectivity index (χ0n) is 16.3. The van der Waals surface area contributed by atoms with Gasteiger partial charge in [0.05, 0.1) is 12.7 Å². The van der Waals surface area contributed by atoms with Gasteiger partial charge in [-0.1, -0.05) is 48.8 Å². The van der Waals surface area contributed by atoms with Crippen LogP contribution in [0, 0.1) is 0 Å². The van der Waals surface area contributed by atoms with Gasteiger partial charge in [-0.2, -0.15) is 0 Å². The van der Waals surface area contributed by atoms with Gasteiger partial charge in [-0.25, -0.2) is 4.98 Å². The van der Waals surface area contributed by atoms with Crippen LogP contribution in [-0.2, 0) is 17.4 Å². The average molecular weight is 547 g/mol. The Labute approximate surface area is 187 Å². The van der Waals surface area contributed by atoms with E-state index in [9.17, 15) is 0 Å². The standard InChI is InChI=1S/C20H27BrN4O.HI/c1-19(2,3)16-11-23-17(26-16)12-24-18(22-4)25-13-20(8-9-20)14-6-5-7-15(21)10-14;/h5-7,10-11H,8-9,12-13H2,1-4H3,(H2,22,24,25);1H. The van der Waals surface area contributed by atoms with E-state index in [4.69, 9.17) is 4.42 Å². The molecule has 0 amide bonds. The number of rotatable bonds is 5. The van der Waals surface area contributed by atoms with E-state index < -0.39 is 0 Å². The normalized spacial score (nSPS) is 15.8. The van der Waals surface area contributed by atoms with Gasteiger partial charge in [0.2, 0.25) is 5.89 Å². The van der Waals surface area contributed by atoms with Crippen LogP contribution in [-0.4, -0.2) is 24.5 Å². The van der Waals surface area contributed by atoms with Crippen LogP contribution < -0.4 is 10.6 Å². The number of oxazole rings is 1. The predicted molar refractivity (Wildman–Crippen MR) is 124 cm³/mol. The molecule has 1 saturated carbocycles. The predicted octanol–water partition coefficient (Wildman–Crippen LogP) is 4.75. The monoisotopic (exact) mass is 546 g/mol. The Morgan fingerprint density at radius 2 is 2.04 bits per heavy atom. The van der Waals surface area contributed by atoms with E-state index >= 15 is 0 Å². The first kappa shape index (κ1) is 22.2. The third-order valence-electron chi connectivity index (χ3n) is 4.81. The summed E-state index contributed by atoms with van der Waals surface area (Å²) in [5.74, 6) is 2.33. The lowest BCUT2D eigenvalue weighted by Gasteiger charge is -2.19. The first-order valence-electron chi connectivity index (χ1n) is 8.98. The van der Waals surface area contributed by atoms with Crippen molar-refractivity contribution < 1.29 is 4.42 Å². The number of benzene rings is 1. The second-order valence-electron chi connectivity index (χ2n) is 7.94. The molecule has 3 rings (SSSR count). The molecule has 1 aromatic carbocycles. The number of aromatic nitrogens is 1. The zero-order valence-corrected chi connectivity index (χ0v) is 20.2. The van der Waals surface area contributed by atoms with E-state index in [1.165, 1.54) is 18.4 Å². The van der Waals surface area contributed by atoms with Gasteiger partial charge >= 0.3 is 0 Å². The number of nitrogens with one attached hydrogen (secondary N) is 2. The van der Waals surface area contributed by atoms with Gasteiger partial charge in [0.1, 0.15) is 5.76 Å². The third-order valence-corrected chi connectivity index (χ3v) is 5.30. The molecule has 0 atom stereocenters. The first-order valence-corrected chi connectivity index (χ1v) is 9.77. The molecule has 0 spiro atoms. The lowest BCUT2D eigenvalue weighted by Crippen LogP contribution is -2.41. The van der Waals surface area contributed by atoms with Crippen molar-refractivity contribution in [1.82, 2.24) is 15.6 Å². The Hall–Kier alpha value is -1.09. The summed E-state index contributed by atoms with van der Waals surface area (Å²) < 4.78 is 6.95. The summed E-state index contributed by atoms with van der Waals surface area (Å²) in [4.78, 5) is 8.67. The maximum Gasteiger partial charge on any atom is 0.213 e. The highest BCUT2D eigenvalue weighted by atomic mass is 127. The zero-order chi connectivity index (χ0) is 18.8. The van der Waals surface area contributed by atoms with E-state index in [1.54, 1.807) is 13.2 Å². The van der Waals surface area contributed by atoms with Crippen molar-refractivity contribution in [2.45, 2.75) is 51.0 Å². The number of hydrogen-bond acceptors (Lipinski definition) is 3. The second kappa shape index (κ2) is 8.94. The van der Waals surface area contributed by atoms with Crippen LogP contribution in [0.15, 0.2) is 44.3 Å². The van der Waals surface area contributed by atoms with Crippen molar-refractivity contribution in [2.75, 3.05) is 13.6 Å². The first-order chi connectivity index (χ1) is 12.3. The SMILES string of the molecule is CN=C(NCc1ncc(C(C)(C)C)o1)NCC1(c2cccc(Br)c2)CC1.I. The minimum atomic E-state index is -0.0342. The summed E-state index contributed by atoms with van der Waals surface area (Å²) in [7, 11) is 1.78. The van der Waals surface area contributed by atoms with E-state index in [2.05, 4.69) is 81.6 Å². The highest BCUT2D eigenvalue weighted by molar-refractivity contribution is 14.0. The average Bonchev–Trinajstić information content (AvgIpc) is 3.22. The number of hydrogen-bond donors (Lipinski definition) is 2. The maximum atomic E-state index is 5.82. The van der Waals surface area contributed by atoms with Crippen LogP contribution >= 0.6 is 39.9 Å². The van der Waals surface area contributed by atoms with Gasteiger partial charge in [-0.15, -0.1) is 24.0 Å². The Balaban J connectivity index is 0.00000261. The summed E-state index contributed by atoms with van der Waals surface area (Å²) in [6, 6.07) is 8.58. The fourth-order valence-corrected chi connectivity index (χ4v) is 3.31. The van der Waals surface area contributed by atoms with Crippen LogP contribution in [0.25, 0.3) is 0 Å². The number of guanidine groups is 1. The molecule has 1 fully saturated rings. The molecule has 0 radical (unpaired) electrons. The molecule has 2 N–H and O–H groups in total. The largest absolute Gasteiger partial charge is 0.443 e. The van der Waals surface area contributed by atoms with Gasteiger partial charge in [0.15, 0.2) is 5.96 Å². The van der Waals surface area contributed by atoms with Crippen LogP contribution in [0.5, 0.6) is 0 Å². The Morgan fingerprint density at radius 3 is 2.59 bits per heavy atom. The van der Waals surface area contributed by atoms with Crippen molar-refractivity contribution in [3.63, 3.8) is 0 Å². The third kappa shape index (κ3) is 5.70. The molecule has 1 aliphatic rings. The lowest BCUT2D eigenvalue weighted by atomic mass is 9.94. The summed E-state index contributed by atoms with van der Waals surface area (Å²) in [5.41, 5.74) is 1.55. The van der Waals surface area contributed by atoms with Crippen LogP contribution in [0.2, 0.25) is 0 Å². The molecule has 7 heteroatoms. The van der Waals surface area contributed by atoms with Crippen molar-refractivity contribution in [3.8, 4) is 0 Å². The topological polar surface area (TPSA) is 62.5 Å². The van der Waals surface area contributed by atoms with Gasteiger partial charge < -0.3 is 15.1 Å². The molecule has 1 aromatic heterocycles. The minimum absolute atomic E-state index is 0. The highest BCUT2D eigenvalue weighted by Gasteiger charge is 2.44. The Kier molecular flexibility index (Phi) is 7.35. The van der Waals surface area contributed by atoms with Crippen molar-refractivity contribution in [2.24, 2.45) is 4.99 Å². The molecule has 0 unspecified atom stereocenters. The fraction of sp³-hybridized carbons (Fsp3) is 0.500. The minimum Gasteiger partial charge on any atom is -0.443 e. The molecule has 2 aromatic rings. The highest BCUT2D eigenvalue weighted by Crippen LogP contribution is 2.48. The molecule has 148 valence electrons. The van der Waals surface area contributed by atoms with Crippen LogP contribution in [0.3, 0.4) is 0 Å². The van der Waals surface area contributed by atoms with Gasteiger partial charge in [0, 0.05) is 28.9 Å². The smallest absolute Gasteiger partial charge is 0.213 e. The molecule has 1 heterocycles. The quantitative estimate of drug-likeness (QED) is 0.323. The van der Waals surface area contributed by atoms with Gasteiger partial charge in [0.25, 0.3) is 0 Å². The summed E-state index contributed by atoms with van der Waals surface area (Å²) in [5, 5.41) is 6.74. The number of aliphatic imine (C=N–C) groups is 1.